The lowest BCUT2D eigenvalue weighted by molar-refractivity contribution is 0.252. The number of anilines is 1. The number of ether oxygens (including phenoxy) is 2. The summed E-state index contributed by atoms with van der Waals surface area (Å²) in [5.41, 5.74) is 4.88. The predicted octanol–water partition coefficient (Wildman–Crippen LogP) is 5.08. The summed E-state index contributed by atoms with van der Waals surface area (Å²) < 4.78 is 12.6. The van der Waals surface area contributed by atoms with E-state index in [2.05, 4.69) is 47.7 Å². The lowest BCUT2D eigenvalue weighted by atomic mass is 10.2. The number of hydrogen-bond donors (Lipinski definition) is 2. The highest BCUT2D eigenvalue weighted by Crippen LogP contribution is 2.32. The number of nitrogens with one attached hydrogen (secondary N) is 2. The number of hydrogen-bond acceptors (Lipinski definition) is 4. The maximum Gasteiger partial charge on any atom is 0.339 e. The molecule has 0 aliphatic rings. The van der Waals surface area contributed by atoms with E-state index in [1.54, 1.807) is 25.3 Å². The van der Waals surface area contributed by atoms with Crippen molar-refractivity contribution >= 4 is 49.8 Å². The first kappa shape index (κ1) is 20.3. The zero-order valence-electron chi connectivity index (χ0n) is 14.6. The van der Waals surface area contributed by atoms with Crippen LogP contribution in [-0.4, -0.2) is 26.0 Å². The van der Waals surface area contributed by atoms with Gasteiger partial charge in [-0.15, -0.1) is 0 Å². The highest BCUT2D eigenvalue weighted by atomic mass is 79.9. The van der Waals surface area contributed by atoms with Gasteiger partial charge in [-0.2, -0.15) is 5.10 Å². The first-order valence-corrected chi connectivity index (χ1v) is 9.39. The third-order valence-corrected chi connectivity index (χ3v) is 4.94. The number of nitrogens with zero attached hydrogens (tertiary/aromatic N) is 1. The Balaban J connectivity index is 2.03. The van der Waals surface area contributed by atoms with E-state index in [-0.39, 0.29) is 0 Å². The molecule has 0 atom stereocenters. The molecule has 138 valence electrons. The smallest absolute Gasteiger partial charge is 0.339 e. The van der Waals surface area contributed by atoms with Crippen molar-refractivity contribution < 1.29 is 14.3 Å². The summed E-state index contributed by atoms with van der Waals surface area (Å²) in [5.74, 6) is 1.22. The first-order valence-electron chi connectivity index (χ1n) is 7.81. The average Bonchev–Trinajstić information content (AvgIpc) is 2.60. The van der Waals surface area contributed by atoms with Gasteiger partial charge in [-0.25, -0.2) is 10.2 Å². The topological polar surface area (TPSA) is 72.0 Å². The average molecular weight is 485 g/mol. The van der Waals surface area contributed by atoms with Gasteiger partial charge in [0.25, 0.3) is 0 Å². The number of halogens is 2. The lowest BCUT2D eigenvalue weighted by Crippen LogP contribution is -2.24. The summed E-state index contributed by atoms with van der Waals surface area (Å²) in [4.78, 5) is 11.9. The quantitative estimate of drug-likeness (QED) is 0.443. The molecule has 0 fully saturated rings. The molecule has 2 aromatic rings. The molecule has 2 rings (SSSR count). The van der Waals surface area contributed by atoms with Gasteiger partial charge in [0.15, 0.2) is 11.5 Å². The number of hydrazone groups is 1. The van der Waals surface area contributed by atoms with Crippen LogP contribution in [0, 0.1) is 6.92 Å². The number of amides is 2. The highest BCUT2D eigenvalue weighted by molar-refractivity contribution is 9.10. The van der Waals surface area contributed by atoms with Gasteiger partial charge in [0.1, 0.15) is 0 Å². The molecule has 0 heterocycles. The molecule has 0 aromatic heterocycles. The van der Waals surface area contributed by atoms with Gasteiger partial charge in [0, 0.05) is 20.2 Å². The van der Waals surface area contributed by atoms with Gasteiger partial charge in [-0.3, -0.25) is 0 Å². The Morgan fingerprint density at radius 3 is 2.62 bits per heavy atom. The van der Waals surface area contributed by atoms with E-state index in [0.717, 1.165) is 20.1 Å². The second-order valence-electron chi connectivity index (χ2n) is 5.25. The molecule has 6 nitrogen and oxygen atoms in total. The second-order valence-corrected chi connectivity index (χ2v) is 6.95. The van der Waals surface area contributed by atoms with Crippen molar-refractivity contribution in [2.45, 2.75) is 13.8 Å². The Morgan fingerprint density at radius 1 is 1.19 bits per heavy atom. The van der Waals surface area contributed by atoms with Crippen molar-refractivity contribution in [1.29, 1.82) is 0 Å². The van der Waals surface area contributed by atoms with Gasteiger partial charge in [-0.1, -0.05) is 15.9 Å². The lowest BCUT2D eigenvalue weighted by Gasteiger charge is -2.11. The maximum absolute atomic E-state index is 11.9. The summed E-state index contributed by atoms with van der Waals surface area (Å²) in [6.45, 7) is 4.38. The van der Waals surface area contributed by atoms with Crippen LogP contribution >= 0.6 is 31.9 Å². The molecule has 26 heavy (non-hydrogen) atoms. The van der Waals surface area contributed by atoms with Crippen LogP contribution in [0.1, 0.15) is 18.1 Å². The second kappa shape index (κ2) is 9.59. The number of carbonyl (C=O) groups excluding carboxylic acids is 1. The maximum atomic E-state index is 11.9. The van der Waals surface area contributed by atoms with Crippen LogP contribution < -0.4 is 20.2 Å². The van der Waals surface area contributed by atoms with Crippen molar-refractivity contribution in [2.24, 2.45) is 5.10 Å². The molecule has 0 aliphatic carbocycles. The third kappa shape index (κ3) is 5.47. The van der Waals surface area contributed by atoms with Gasteiger partial charge in [0.2, 0.25) is 0 Å². The molecule has 0 saturated carbocycles. The van der Waals surface area contributed by atoms with Gasteiger partial charge < -0.3 is 14.8 Å². The SMILES string of the molecule is CCOc1cc(Br)c(/C=N/NC(=O)Nc2ccc(Br)c(C)c2)cc1OC. The Kier molecular flexibility index (Phi) is 7.47. The van der Waals surface area contributed by atoms with Crippen molar-refractivity contribution in [3.05, 3.63) is 50.4 Å². The van der Waals surface area contributed by atoms with E-state index in [0.29, 0.717) is 23.8 Å². The molecule has 2 amide bonds. The highest BCUT2D eigenvalue weighted by Gasteiger charge is 2.09. The number of methoxy groups -OCH3 is 1. The Bertz CT molecular complexity index is 826. The van der Waals surface area contributed by atoms with Crippen molar-refractivity contribution in [1.82, 2.24) is 5.43 Å². The molecule has 0 aliphatic heterocycles. The largest absolute Gasteiger partial charge is 0.493 e. The molecule has 0 bridgehead atoms. The molecule has 0 spiro atoms. The summed E-state index contributed by atoms with van der Waals surface area (Å²) in [5, 5.41) is 6.69. The van der Waals surface area contributed by atoms with Crippen LogP contribution in [0.2, 0.25) is 0 Å². The van der Waals surface area contributed by atoms with E-state index in [1.807, 2.05) is 26.0 Å². The Hall–Kier alpha value is -2.06. The third-order valence-electron chi connectivity index (χ3n) is 3.37. The van der Waals surface area contributed by atoms with Crippen LogP contribution in [0.3, 0.4) is 0 Å². The number of urea groups is 1. The van der Waals surface area contributed by atoms with E-state index < -0.39 is 6.03 Å². The van der Waals surface area contributed by atoms with Gasteiger partial charge in [0.05, 0.1) is 19.9 Å². The zero-order valence-corrected chi connectivity index (χ0v) is 17.8. The fraction of sp³-hybridized carbons (Fsp3) is 0.222. The minimum absolute atomic E-state index is 0.433. The molecular weight excluding hydrogens is 466 g/mol. The summed E-state index contributed by atoms with van der Waals surface area (Å²) in [6.07, 6.45) is 1.52. The van der Waals surface area contributed by atoms with Crippen molar-refractivity contribution in [3.63, 3.8) is 0 Å². The minimum atomic E-state index is -0.433. The molecule has 0 saturated heterocycles. The van der Waals surface area contributed by atoms with Crippen molar-refractivity contribution in [2.75, 3.05) is 19.0 Å². The van der Waals surface area contributed by atoms with Crippen LogP contribution in [0.5, 0.6) is 11.5 Å². The number of rotatable bonds is 6. The number of aryl methyl sites for hydroxylation is 1. The first-order chi connectivity index (χ1) is 12.4. The molecule has 8 heteroatoms. The Labute approximate surface area is 169 Å². The van der Waals surface area contributed by atoms with Gasteiger partial charge >= 0.3 is 6.03 Å². The molecule has 0 unspecified atom stereocenters. The molecule has 0 radical (unpaired) electrons. The van der Waals surface area contributed by atoms with Crippen LogP contribution in [0.25, 0.3) is 0 Å². The van der Waals surface area contributed by atoms with E-state index in [1.165, 1.54) is 6.21 Å². The van der Waals surface area contributed by atoms with Crippen molar-refractivity contribution in [3.8, 4) is 11.5 Å². The van der Waals surface area contributed by atoms with E-state index >= 15 is 0 Å². The Morgan fingerprint density at radius 2 is 1.96 bits per heavy atom. The monoisotopic (exact) mass is 483 g/mol. The normalized spacial score (nSPS) is 10.7. The minimum Gasteiger partial charge on any atom is -0.493 e. The number of carbonyl (C=O) groups is 1. The van der Waals surface area contributed by atoms with Gasteiger partial charge in [-0.05, 0) is 65.7 Å². The predicted molar refractivity (Wildman–Crippen MR) is 110 cm³/mol. The van der Waals surface area contributed by atoms with E-state index in [4.69, 9.17) is 9.47 Å². The summed E-state index contributed by atoms with van der Waals surface area (Å²) >= 11 is 6.88. The zero-order chi connectivity index (χ0) is 19.1. The van der Waals surface area contributed by atoms with Crippen LogP contribution in [0.4, 0.5) is 10.5 Å². The van der Waals surface area contributed by atoms with Crippen LogP contribution in [-0.2, 0) is 0 Å². The molecule has 2 aromatic carbocycles. The molecular formula is C18H19Br2N3O3. The van der Waals surface area contributed by atoms with E-state index in [9.17, 15) is 4.79 Å². The molecule has 2 N–H and O–H groups in total. The summed E-state index contributed by atoms with van der Waals surface area (Å²) in [7, 11) is 1.57. The summed E-state index contributed by atoms with van der Waals surface area (Å²) in [6, 6.07) is 8.68. The fourth-order valence-corrected chi connectivity index (χ4v) is 2.79. The van der Waals surface area contributed by atoms with Crippen LogP contribution in [0.15, 0.2) is 44.4 Å². The number of benzene rings is 2. The standard InChI is InChI=1S/C18H19Br2N3O3/c1-4-26-17-9-15(20)12(8-16(17)25-3)10-21-23-18(24)22-13-5-6-14(19)11(2)7-13/h5-10H,4H2,1-3H3,(H2,22,23,24)/b21-10+. The fourth-order valence-electron chi connectivity index (χ4n) is 2.12.